The fourth-order valence-corrected chi connectivity index (χ4v) is 1.71. The molecule has 6 heteroatoms. The van der Waals surface area contributed by atoms with Crippen LogP contribution in [0.25, 0.3) is 0 Å². The number of carbonyl (C=O) groups excluding carboxylic acids is 1. The number of methoxy groups -OCH3 is 1. The van der Waals surface area contributed by atoms with Crippen molar-refractivity contribution >= 4 is 11.6 Å². The Hall–Kier alpha value is -1.79. The van der Waals surface area contributed by atoms with E-state index in [0.717, 1.165) is 0 Å². The van der Waals surface area contributed by atoms with Gasteiger partial charge in [0.2, 0.25) is 5.91 Å². The van der Waals surface area contributed by atoms with Crippen molar-refractivity contribution in [3.63, 3.8) is 0 Å². The highest BCUT2D eigenvalue weighted by Gasteiger charge is 2.13. The molecule has 6 nitrogen and oxygen atoms in total. The molecule has 1 aromatic rings. The van der Waals surface area contributed by atoms with Gasteiger partial charge in [-0.3, -0.25) is 4.79 Å². The van der Waals surface area contributed by atoms with Crippen molar-refractivity contribution in [2.45, 2.75) is 12.5 Å². The lowest BCUT2D eigenvalue weighted by atomic mass is 10.3. The van der Waals surface area contributed by atoms with Crippen molar-refractivity contribution in [3.8, 4) is 5.75 Å². The maximum absolute atomic E-state index is 11.8. The van der Waals surface area contributed by atoms with Crippen molar-refractivity contribution in [2.24, 2.45) is 0 Å². The topological polar surface area (TPSA) is 85.0 Å². The first kappa shape index (κ1) is 16.3. The quantitative estimate of drug-likeness (QED) is 0.678. The van der Waals surface area contributed by atoms with E-state index < -0.39 is 6.10 Å². The molecule has 1 atom stereocenters. The Balaban J connectivity index is 2.31. The van der Waals surface area contributed by atoms with Gasteiger partial charge >= 0.3 is 0 Å². The molecule has 3 N–H and O–H groups in total. The lowest BCUT2D eigenvalue weighted by Crippen LogP contribution is -2.36. The number of nitrogens with zero attached hydrogens (tertiary/aromatic N) is 1. The number of aliphatic hydroxyl groups excluding tert-OH is 1. The van der Waals surface area contributed by atoms with E-state index in [1.54, 1.807) is 19.2 Å². The molecule has 0 radical (unpaired) electrons. The second-order valence-corrected chi connectivity index (χ2v) is 4.52. The molecule has 0 spiro atoms. The predicted octanol–water partition coefficient (Wildman–Crippen LogP) is 0.503. The van der Waals surface area contributed by atoms with Crippen molar-refractivity contribution in [1.29, 1.82) is 0 Å². The summed E-state index contributed by atoms with van der Waals surface area (Å²) in [6, 6.07) is 7.13. The third-order valence-corrected chi connectivity index (χ3v) is 2.76. The molecular weight excluding hydrogens is 260 g/mol. The Morgan fingerprint density at radius 2 is 2.15 bits per heavy atom. The summed E-state index contributed by atoms with van der Waals surface area (Å²) in [5, 5.41) is 9.54. The summed E-state index contributed by atoms with van der Waals surface area (Å²) in [7, 11) is 3.14. The Kier molecular flexibility index (Phi) is 6.83. The van der Waals surface area contributed by atoms with Gasteiger partial charge in [0.25, 0.3) is 0 Å². The third kappa shape index (κ3) is 5.46. The van der Waals surface area contributed by atoms with Gasteiger partial charge in [-0.15, -0.1) is 0 Å². The Morgan fingerprint density at radius 3 is 2.80 bits per heavy atom. The molecule has 0 bridgehead atoms. The average molecular weight is 282 g/mol. The third-order valence-electron chi connectivity index (χ3n) is 2.76. The average Bonchev–Trinajstić information content (AvgIpc) is 2.41. The number of nitrogen functional groups attached to an aromatic ring is 1. The minimum Gasteiger partial charge on any atom is -0.491 e. The largest absolute Gasteiger partial charge is 0.491 e. The van der Waals surface area contributed by atoms with Crippen LogP contribution in [0, 0.1) is 0 Å². The zero-order valence-electron chi connectivity index (χ0n) is 11.9. The fourth-order valence-electron chi connectivity index (χ4n) is 1.71. The Morgan fingerprint density at radius 1 is 1.45 bits per heavy atom. The molecule has 0 aliphatic rings. The molecule has 20 heavy (non-hydrogen) atoms. The summed E-state index contributed by atoms with van der Waals surface area (Å²) in [4.78, 5) is 13.3. The summed E-state index contributed by atoms with van der Waals surface area (Å²) in [5.41, 5.74) is 6.27. The highest BCUT2D eigenvalue weighted by atomic mass is 16.5. The number of amides is 1. The van der Waals surface area contributed by atoms with Gasteiger partial charge in [-0.05, 0) is 12.1 Å². The van der Waals surface area contributed by atoms with E-state index in [4.69, 9.17) is 15.2 Å². The van der Waals surface area contributed by atoms with E-state index in [-0.39, 0.29) is 32.1 Å². The second kappa shape index (κ2) is 8.39. The summed E-state index contributed by atoms with van der Waals surface area (Å²) < 4.78 is 10.3. The number of hydrogen-bond acceptors (Lipinski definition) is 5. The maximum atomic E-state index is 11.8. The van der Waals surface area contributed by atoms with E-state index >= 15 is 0 Å². The summed E-state index contributed by atoms with van der Waals surface area (Å²) in [6.07, 6.45) is -0.454. The molecule has 1 rings (SSSR count). The molecule has 1 unspecified atom stereocenters. The van der Waals surface area contributed by atoms with Gasteiger partial charge in [0.15, 0.2) is 0 Å². The lowest BCUT2D eigenvalue weighted by Gasteiger charge is -2.20. The predicted molar refractivity (Wildman–Crippen MR) is 76.5 cm³/mol. The SMILES string of the molecule is COCC(O)CN(C)C(=O)CCOc1ccccc1N. The number of likely N-dealkylation sites (N-methyl/N-ethyl adjacent to an activating group) is 1. The minimum absolute atomic E-state index is 0.102. The van der Waals surface area contributed by atoms with Crippen LogP contribution in [-0.2, 0) is 9.53 Å². The molecular formula is C14H22N2O4. The summed E-state index contributed by atoms with van der Waals surface area (Å²) >= 11 is 0. The number of ether oxygens (including phenoxy) is 2. The van der Waals surface area contributed by atoms with Crippen LogP contribution in [-0.4, -0.2) is 55.9 Å². The molecule has 1 amide bonds. The first-order valence-electron chi connectivity index (χ1n) is 6.43. The summed E-state index contributed by atoms with van der Waals surface area (Å²) in [5.74, 6) is 0.469. The van der Waals surface area contributed by atoms with E-state index in [1.807, 2.05) is 12.1 Å². The molecule has 0 saturated heterocycles. The molecule has 112 valence electrons. The van der Waals surface area contributed by atoms with Gasteiger partial charge in [-0.1, -0.05) is 12.1 Å². The van der Waals surface area contributed by atoms with Crippen LogP contribution in [0.2, 0.25) is 0 Å². The van der Waals surface area contributed by atoms with Gasteiger partial charge in [0.05, 0.1) is 31.4 Å². The Bertz CT molecular complexity index is 425. The minimum atomic E-state index is -0.681. The standard InChI is InChI=1S/C14H22N2O4/c1-16(9-11(17)10-19-2)14(18)7-8-20-13-6-4-3-5-12(13)15/h3-6,11,17H,7-10,15H2,1-2H3. The highest BCUT2D eigenvalue weighted by Crippen LogP contribution is 2.19. The number of benzene rings is 1. The number of rotatable bonds is 8. The van der Waals surface area contributed by atoms with Gasteiger partial charge in [-0.2, -0.15) is 0 Å². The first-order valence-corrected chi connectivity index (χ1v) is 6.43. The van der Waals surface area contributed by atoms with Crippen LogP contribution < -0.4 is 10.5 Å². The number of hydrogen-bond donors (Lipinski definition) is 2. The van der Waals surface area contributed by atoms with Crippen LogP contribution >= 0.6 is 0 Å². The van der Waals surface area contributed by atoms with E-state index in [2.05, 4.69) is 0 Å². The van der Waals surface area contributed by atoms with Crippen molar-refractivity contribution in [2.75, 3.05) is 39.6 Å². The summed E-state index contributed by atoms with van der Waals surface area (Å²) in [6.45, 7) is 0.687. The van der Waals surface area contributed by atoms with E-state index in [9.17, 15) is 9.90 Å². The number of anilines is 1. The van der Waals surface area contributed by atoms with Crippen LogP contribution in [0.1, 0.15) is 6.42 Å². The monoisotopic (exact) mass is 282 g/mol. The van der Waals surface area contributed by atoms with Gasteiger partial charge in [0.1, 0.15) is 5.75 Å². The number of carbonyl (C=O) groups is 1. The van der Waals surface area contributed by atoms with Crippen molar-refractivity contribution in [3.05, 3.63) is 24.3 Å². The molecule has 0 aliphatic heterocycles. The number of nitrogens with two attached hydrogens (primary N) is 1. The molecule has 0 saturated carbocycles. The highest BCUT2D eigenvalue weighted by molar-refractivity contribution is 5.76. The normalized spacial score (nSPS) is 11.9. The lowest BCUT2D eigenvalue weighted by molar-refractivity contribution is -0.132. The molecule has 0 fully saturated rings. The Labute approximate surface area is 119 Å². The molecule has 0 aliphatic carbocycles. The number of aliphatic hydroxyl groups is 1. The fraction of sp³-hybridized carbons (Fsp3) is 0.500. The molecule has 1 aromatic carbocycles. The van der Waals surface area contributed by atoms with E-state index in [1.165, 1.54) is 12.0 Å². The number of para-hydroxylation sites is 2. The first-order chi connectivity index (χ1) is 9.54. The molecule has 0 aromatic heterocycles. The zero-order chi connectivity index (χ0) is 15.0. The molecule has 0 heterocycles. The second-order valence-electron chi connectivity index (χ2n) is 4.52. The van der Waals surface area contributed by atoms with Crippen LogP contribution in [0.5, 0.6) is 5.75 Å². The zero-order valence-corrected chi connectivity index (χ0v) is 11.9. The van der Waals surface area contributed by atoms with Crippen molar-refractivity contribution in [1.82, 2.24) is 4.90 Å². The smallest absolute Gasteiger partial charge is 0.225 e. The van der Waals surface area contributed by atoms with Gasteiger partial charge in [-0.25, -0.2) is 0 Å². The van der Waals surface area contributed by atoms with Crippen LogP contribution in [0.4, 0.5) is 5.69 Å². The van der Waals surface area contributed by atoms with Crippen molar-refractivity contribution < 1.29 is 19.4 Å². The van der Waals surface area contributed by atoms with Crippen LogP contribution in [0.15, 0.2) is 24.3 Å². The van der Waals surface area contributed by atoms with Gasteiger partial charge in [0, 0.05) is 20.7 Å². The van der Waals surface area contributed by atoms with Gasteiger partial charge < -0.3 is 25.2 Å². The maximum Gasteiger partial charge on any atom is 0.225 e. The van der Waals surface area contributed by atoms with Crippen LogP contribution in [0.3, 0.4) is 0 Å². The van der Waals surface area contributed by atoms with E-state index in [0.29, 0.717) is 11.4 Å².